The number of carboxylic acids is 2. The molecule has 0 aromatic rings. The van der Waals surface area contributed by atoms with Gasteiger partial charge in [-0.3, -0.25) is 4.57 Å². The minimum atomic E-state index is -4.97. The Kier molecular flexibility index (Phi) is 19.3. The smallest absolute Gasteiger partial charge is 0.550 e. The normalized spacial score (nSPS) is 11.1. The van der Waals surface area contributed by atoms with E-state index in [1.807, 2.05) is 0 Å². The summed E-state index contributed by atoms with van der Waals surface area (Å²) in [7, 11) is -4.97. The third-order valence-corrected chi connectivity index (χ3v) is 2.24. The van der Waals surface area contributed by atoms with Crippen LogP contribution in [0.1, 0.15) is 6.42 Å². The first-order valence-corrected chi connectivity index (χ1v) is 4.39. The van der Waals surface area contributed by atoms with E-state index in [1.165, 1.54) is 0 Å². The van der Waals surface area contributed by atoms with Crippen LogP contribution in [0.3, 0.4) is 0 Å². The van der Waals surface area contributed by atoms with Crippen LogP contribution in [0.15, 0.2) is 0 Å². The van der Waals surface area contributed by atoms with Gasteiger partial charge in [-0.2, -0.15) is 0 Å². The van der Waals surface area contributed by atoms with Gasteiger partial charge in [-0.1, -0.05) is 0 Å². The molecule has 0 radical (unpaired) electrons. The Morgan fingerprint density at radius 2 is 1.47 bits per heavy atom. The minimum Gasteiger partial charge on any atom is -0.550 e. The second-order valence-electron chi connectivity index (χ2n) is 2.00. The molecule has 1 atom stereocenters. The van der Waals surface area contributed by atoms with Gasteiger partial charge >= 0.3 is 96.3 Å². The Balaban J connectivity index is -0.000000202. The van der Waals surface area contributed by atoms with Gasteiger partial charge in [-0.05, 0) is 0 Å². The molecular formula is C4H5Na3O7P+. The van der Waals surface area contributed by atoms with E-state index in [9.17, 15) is 24.4 Å². The van der Waals surface area contributed by atoms with Gasteiger partial charge in [-0.25, -0.2) is 0 Å². The summed E-state index contributed by atoms with van der Waals surface area (Å²) in [5.74, 6) is -3.96. The van der Waals surface area contributed by atoms with E-state index in [0.717, 1.165) is 0 Å². The van der Waals surface area contributed by atoms with Crippen LogP contribution in [0.4, 0.5) is 0 Å². The third-order valence-electron chi connectivity index (χ3n) is 1.04. The van der Waals surface area contributed by atoms with E-state index < -0.39 is 31.6 Å². The summed E-state index contributed by atoms with van der Waals surface area (Å²) in [6.07, 6.45) is -1.26. The molecule has 0 aromatic carbocycles. The van der Waals surface area contributed by atoms with E-state index >= 15 is 0 Å². The molecule has 15 heavy (non-hydrogen) atoms. The van der Waals surface area contributed by atoms with Gasteiger partial charge in [0.2, 0.25) is 0 Å². The summed E-state index contributed by atoms with van der Waals surface area (Å²) >= 11 is 0. The topological polar surface area (TPSA) is 138 Å². The summed E-state index contributed by atoms with van der Waals surface area (Å²) in [5.41, 5.74) is -2.33. The molecule has 0 saturated heterocycles. The van der Waals surface area contributed by atoms with Crippen LogP contribution in [0.25, 0.3) is 0 Å². The van der Waals surface area contributed by atoms with Crippen molar-refractivity contribution in [2.24, 2.45) is 0 Å². The molecule has 0 aliphatic carbocycles. The van der Waals surface area contributed by atoms with E-state index in [-0.39, 0.29) is 88.7 Å². The summed E-state index contributed by atoms with van der Waals surface area (Å²) in [6.45, 7) is 0. The molecule has 0 saturated carbocycles. The van der Waals surface area contributed by atoms with Gasteiger partial charge in [0.1, 0.15) is 5.66 Å². The Bertz CT molecular complexity index is 251. The fourth-order valence-corrected chi connectivity index (χ4v) is 1.16. The quantitative estimate of drug-likeness (QED) is 0.380. The van der Waals surface area contributed by atoms with Crippen molar-refractivity contribution in [1.29, 1.82) is 0 Å². The first-order chi connectivity index (χ1) is 5.25. The maximum atomic E-state index is 10.3. The van der Waals surface area contributed by atoms with Crippen LogP contribution >= 0.6 is 7.60 Å². The van der Waals surface area contributed by atoms with Gasteiger partial charge in [-0.15, -0.1) is 0 Å². The third kappa shape index (κ3) is 12.3. The second kappa shape index (κ2) is 11.2. The van der Waals surface area contributed by atoms with Gasteiger partial charge in [0.15, 0.2) is 0 Å². The van der Waals surface area contributed by atoms with Crippen molar-refractivity contribution in [3.8, 4) is 0 Å². The fourth-order valence-electron chi connectivity index (χ4n) is 0.497. The maximum Gasteiger partial charge on any atom is 1.00 e. The van der Waals surface area contributed by atoms with Gasteiger partial charge in [0.25, 0.3) is 0 Å². The molecule has 11 heteroatoms. The Morgan fingerprint density at radius 3 is 1.53 bits per heavy atom. The van der Waals surface area contributed by atoms with Crippen molar-refractivity contribution in [3.05, 3.63) is 0 Å². The first kappa shape index (κ1) is 25.8. The zero-order chi connectivity index (χ0) is 9.94. The van der Waals surface area contributed by atoms with E-state index in [1.54, 1.807) is 0 Å². The Morgan fingerprint density at radius 1 is 1.13 bits per heavy atom. The molecular weight excluding hydrogens is 260 g/mol. The molecule has 2 N–H and O–H groups in total. The van der Waals surface area contributed by atoms with Crippen LogP contribution < -0.4 is 98.9 Å². The average molecular weight is 265 g/mol. The number of carbonyl (C=O) groups excluding carboxylic acids is 2. The standard InChI is InChI=1S/C4H7O7P.3Na/c5-3(6)1-2(4(7)8)12(9,10)11;;;/h2H,1H2,(H,5,6)(H,7,8)(H2,9,10,11);;;/q;3*+1/p-2. The number of carboxylic acid groups (broad SMARTS) is 2. The van der Waals surface area contributed by atoms with Crippen LogP contribution in [0, 0.1) is 0 Å². The number of hydrogen-bond acceptors (Lipinski definition) is 5. The van der Waals surface area contributed by atoms with Crippen molar-refractivity contribution < 1.29 is 123 Å². The molecule has 0 rings (SSSR count). The molecule has 7 nitrogen and oxygen atoms in total. The van der Waals surface area contributed by atoms with Crippen LogP contribution in [0.2, 0.25) is 0 Å². The number of hydrogen-bond donors (Lipinski definition) is 2. The maximum absolute atomic E-state index is 10.3. The molecule has 0 aliphatic heterocycles. The number of aliphatic carboxylic acids is 2. The van der Waals surface area contributed by atoms with Crippen LogP contribution in [0.5, 0.6) is 0 Å². The predicted molar refractivity (Wildman–Crippen MR) is 30.5 cm³/mol. The largest absolute Gasteiger partial charge is 1.00 e. The van der Waals surface area contributed by atoms with Crippen molar-refractivity contribution >= 4 is 19.5 Å². The van der Waals surface area contributed by atoms with Crippen LogP contribution in [-0.2, 0) is 14.2 Å². The monoisotopic (exact) mass is 265 g/mol. The Labute approximate surface area is 152 Å². The summed E-state index contributed by atoms with van der Waals surface area (Å²) in [4.78, 5) is 36.4. The molecule has 0 aromatic heterocycles. The van der Waals surface area contributed by atoms with E-state index in [2.05, 4.69) is 0 Å². The number of carbonyl (C=O) groups is 2. The molecule has 0 spiro atoms. The SMILES string of the molecule is O=C([O-])CC(C(=O)[O-])P(=O)(O)O.[Na+].[Na+].[Na+]. The molecule has 0 bridgehead atoms. The predicted octanol–water partition coefficient (Wildman–Crippen LogP) is -12.6. The molecule has 0 heterocycles. The van der Waals surface area contributed by atoms with Crippen LogP contribution in [-0.4, -0.2) is 27.4 Å². The molecule has 0 fully saturated rings. The number of rotatable bonds is 4. The van der Waals surface area contributed by atoms with E-state index in [0.29, 0.717) is 0 Å². The molecule has 1 unspecified atom stereocenters. The van der Waals surface area contributed by atoms with Crippen molar-refractivity contribution in [2.45, 2.75) is 12.1 Å². The average Bonchev–Trinajstić information content (AvgIpc) is 1.79. The van der Waals surface area contributed by atoms with Crippen molar-refractivity contribution in [2.75, 3.05) is 0 Å². The van der Waals surface area contributed by atoms with Crippen molar-refractivity contribution in [3.63, 3.8) is 0 Å². The molecule has 0 amide bonds. The van der Waals surface area contributed by atoms with Crippen molar-refractivity contribution in [1.82, 2.24) is 0 Å². The Hall–Kier alpha value is 2.09. The summed E-state index contributed by atoms with van der Waals surface area (Å²) in [6, 6.07) is 0. The minimum absolute atomic E-state index is 0. The first-order valence-electron chi connectivity index (χ1n) is 2.71. The summed E-state index contributed by atoms with van der Waals surface area (Å²) in [5, 5.41) is 19.8. The van der Waals surface area contributed by atoms with Gasteiger partial charge < -0.3 is 29.6 Å². The second-order valence-corrected chi connectivity index (χ2v) is 3.80. The zero-order valence-electron chi connectivity index (χ0n) is 8.67. The molecule has 70 valence electrons. The summed E-state index contributed by atoms with van der Waals surface area (Å²) < 4.78 is 10.3. The molecule has 0 aliphatic rings. The zero-order valence-corrected chi connectivity index (χ0v) is 15.6. The van der Waals surface area contributed by atoms with Gasteiger partial charge in [0, 0.05) is 12.4 Å². The van der Waals surface area contributed by atoms with E-state index in [4.69, 9.17) is 9.79 Å². The van der Waals surface area contributed by atoms with Gasteiger partial charge in [0.05, 0.1) is 5.97 Å². The fraction of sp³-hybridized carbons (Fsp3) is 0.500.